The minimum Gasteiger partial charge on any atom is -0.481 e. The summed E-state index contributed by atoms with van der Waals surface area (Å²) in [6, 6.07) is 0. The fourth-order valence-electron chi connectivity index (χ4n) is 1.68. The van der Waals surface area contributed by atoms with Gasteiger partial charge >= 0.3 is 11.9 Å². The molecule has 0 aromatic heterocycles. The van der Waals surface area contributed by atoms with Crippen LogP contribution in [0, 0.1) is 0 Å². The maximum absolute atomic E-state index is 11.1. The first-order valence-electron chi connectivity index (χ1n) is 11.9. The van der Waals surface area contributed by atoms with Crippen molar-refractivity contribution in [3.63, 3.8) is 0 Å². The van der Waals surface area contributed by atoms with Crippen molar-refractivity contribution < 1.29 is 63.2 Å². The van der Waals surface area contributed by atoms with E-state index in [9.17, 15) is 33.6 Å². The Morgan fingerprint density at radius 2 is 0.905 bits per heavy atom. The van der Waals surface area contributed by atoms with Crippen LogP contribution in [0.15, 0.2) is 0 Å². The van der Waals surface area contributed by atoms with Crippen molar-refractivity contribution in [2.24, 2.45) is 11.5 Å². The molecule has 15 nitrogen and oxygen atoms in total. The van der Waals surface area contributed by atoms with Gasteiger partial charge in [0.25, 0.3) is 12.4 Å². The summed E-state index contributed by atoms with van der Waals surface area (Å²) in [6.07, 6.45) is 2.80. The molecule has 0 bridgehead atoms. The zero-order valence-corrected chi connectivity index (χ0v) is 24.2. The third-order valence-electron chi connectivity index (χ3n) is 3.23. The van der Waals surface area contributed by atoms with E-state index in [1.54, 1.807) is 20.8 Å². The van der Waals surface area contributed by atoms with Crippen molar-refractivity contribution in [2.45, 2.75) is 107 Å². The van der Waals surface area contributed by atoms with Gasteiger partial charge in [0.05, 0.1) is 13.5 Å². The highest BCUT2D eigenvalue weighted by Gasteiger charge is 2.07. The van der Waals surface area contributed by atoms with Gasteiger partial charge in [-0.2, -0.15) is 0 Å². The number of carboxylic acid groups (broad SMARTS) is 3. The Kier molecular flexibility index (Phi) is 64.8. The molecule has 0 saturated heterocycles. The van der Waals surface area contributed by atoms with Crippen molar-refractivity contribution in [1.29, 1.82) is 0 Å². The highest BCUT2D eigenvalue weighted by Crippen LogP contribution is 2.01. The molecular formula is C27H54N2O13. The van der Waals surface area contributed by atoms with Crippen LogP contribution in [-0.2, 0) is 47.9 Å². The lowest BCUT2D eigenvalue weighted by atomic mass is 10.1. The van der Waals surface area contributed by atoms with Gasteiger partial charge in [-0.25, -0.2) is 0 Å². The molecule has 0 aliphatic rings. The van der Waals surface area contributed by atoms with Crippen LogP contribution >= 0.6 is 0 Å². The number of hydrogen-bond acceptors (Lipinski definition) is 12. The van der Waals surface area contributed by atoms with E-state index in [0.717, 1.165) is 6.92 Å². The van der Waals surface area contributed by atoms with E-state index in [1.807, 2.05) is 0 Å². The molecule has 0 aliphatic heterocycles. The summed E-state index contributed by atoms with van der Waals surface area (Å²) in [7, 11) is 1.31. The molecule has 250 valence electrons. The van der Waals surface area contributed by atoms with Crippen LogP contribution in [0.1, 0.15) is 107 Å². The van der Waals surface area contributed by atoms with E-state index >= 15 is 0 Å². The Balaban J connectivity index is -0.0000000588. The summed E-state index contributed by atoms with van der Waals surface area (Å²) in [5, 5.41) is 22.8. The predicted molar refractivity (Wildman–Crippen MR) is 158 cm³/mol. The maximum Gasteiger partial charge on any atom is 0.314 e. The van der Waals surface area contributed by atoms with Crippen LogP contribution in [0.4, 0.5) is 0 Å². The van der Waals surface area contributed by atoms with Crippen molar-refractivity contribution in [3.8, 4) is 0 Å². The number of aliphatic carboxylic acids is 3. The lowest BCUT2D eigenvalue weighted by Crippen LogP contribution is -2.08. The molecule has 0 aliphatic carbocycles. The van der Waals surface area contributed by atoms with E-state index in [-0.39, 0.29) is 56.9 Å². The molecular weight excluding hydrogens is 560 g/mol. The number of carbonyl (C=O) groups is 9. The third-order valence-corrected chi connectivity index (χ3v) is 3.23. The number of carbonyl (C=O) groups excluding carboxylic acids is 6. The summed E-state index contributed by atoms with van der Waals surface area (Å²) >= 11 is 0. The molecule has 0 rings (SSSR count). The van der Waals surface area contributed by atoms with E-state index in [0.29, 0.717) is 51.4 Å². The van der Waals surface area contributed by atoms with Crippen LogP contribution in [0.3, 0.4) is 0 Å². The predicted octanol–water partition coefficient (Wildman–Crippen LogP) is 2.58. The Labute approximate surface area is 249 Å². The number of ketones is 5. The van der Waals surface area contributed by atoms with Crippen LogP contribution in [-0.4, -0.2) is 82.4 Å². The van der Waals surface area contributed by atoms with Gasteiger partial charge in [-0.05, 0) is 33.6 Å². The Bertz CT molecular complexity index is 722. The van der Waals surface area contributed by atoms with Crippen molar-refractivity contribution in [1.82, 2.24) is 0 Å². The maximum atomic E-state index is 11.1. The average molecular weight is 615 g/mol. The van der Waals surface area contributed by atoms with Gasteiger partial charge < -0.3 is 45.9 Å². The standard InChI is InChI=1S/C10H16O3.C7H12O2.C3H4O4.2C2H4O2.CH6N2.2CH4/c1-3-9(12)7-10(13)6-4-5-8(2)11;1-6(8)4-3-5-7(2)9;4-2(5)1-3(6)7;1-4-2-3;1-2(3)4;2-1-3;;/h3-7H2,1-2H3;3-5H2,1-2H3;1H2,(H,4,5)(H,6,7);2H,1H3;1H3,(H,3,4);1-3H2;2*1H4. The fourth-order valence-corrected chi connectivity index (χ4v) is 1.68. The van der Waals surface area contributed by atoms with E-state index in [4.69, 9.17) is 24.9 Å². The third kappa shape index (κ3) is 122. The smallest absolute Gasteiger partial charge is 0.314 e. The summed E-state index contributed by atoms with van der Waals surface area (Å²) in [5.41, 5.74) is 9.25. The number of rotatable bonds is 14. The van der Waals surface area contributed by atoms with E-state index < -0.39 is 24.3 Å². The molecule has 0 saturated carbocycles. The molecule has 0 atom stereocenters. The topological polar surface area (TPSA) is 276 Å². The Hall–Kier alpha value is -3.85. The zero-order valence-electron chi connectivity index (χ0n) is 24.2. The summed E-state index contributed by atoms with van der Waals surface area (Å²) in [5.74, 6) is -3.11. The number of methoxy groups -OCH3 is 1. The highest BCUT2D eigenvalue weighted by molar-refractivity contribution is 5.99. The normalized spacial score (nSPS) is 7.81. The molecule has 0 aromatic rings. The molecule has 0 unspecified atom stereocenters. The number of ether oxygens (including phenoxy) is 1. The van der Waals surface area contributed by atoms with E-state index in [2.05, 4.69) is 16.2 Å². The first kappa shape index (κ1) is 57.9. The SMILES string of the molecule is C.C.CC(=O)CCCC(C)=O.CC(=O)O.CCC(=O)CC(=O)CCCC(C)=O.COC=O.NCN.O=C(O)CC(=O)O. The summed E-state index contributed by atoms with van der Waals surface area (Å²) in [4.78, 5) is 89.9. The van der Waals surface area contributed by atoms with Crippen LogP contribution < -0.4 is 11.5 Å². The second-order valence-electron chi connectivity index (χ2n) is 7.47. The summed E-state index contributed by atoms with van der Waals surface area (Å²) < 4.78 is 3.86. The van der Waals surface area contributed by atoms with Gasteiger partial charge in [-0.3, -0.25) is 28.8 Å². The van der Waals surface area contributed by atoms with Gasteiger partial charge in [-0.1, -0.05) is 21.8 Å². The summed E-state index contributed by atoms with van der Waals surface area (Å²) in [6.45, 7) is 8.03. The molecule has 42 heavy (non-hydrogen) atoms. The second-order valence-corrected chi connectivity index (χ2v) is 7.47. The number of nitrogens with two attached hydrogens (primary N) is 2. The van der Waals surface area contributed by atoms with Gasteiger partial charge in [-0.15, -0.1) is 0 Å². The van der Waals surface area contributed by atoms with Crippen LogP contribution in [0.25, 0.3) is 0 Å². The monoisotopic (exact) mass is 614 g/mol. The molecule has 0 heterocycles. The quantitative estimate of drug-likeness (QED) is 0.107. The minimum absolute atomic E-state index is 0. The Morgan fingerprint density at radius 1 is 0.643 bits per heavy atom. The highest BCUT2D eigenvalue weighted by atomic mass is 16.5. The number of hydrogen-bond donors (Lipinski definition) is 5. The molecule has 15 heteroatoms. The molecule has 0 fully saturated rings. The molecule has 0 radical (unpaired) electrons. The molecule has 0 spiro atoms. The van der Waals surface area contributed by atoms with Crippen molar-refractivity contribution in [3.05, 3.63) is 0 Å². The van der Waals surface area contributed by atoms with Crippen molar-refractivity contribution >= 4 is 53.3 Å². The zero-order chi connectivity index (χ0) is 33.1. The van der Waals surface area contributed by atoms with Crippen LogP contribution in [0.5, 0.6) is 0 Å². The van der Waals surface area contributed by atoms with Crippen LogP contribution in [0.2, 0.25) is 0 Å². The minimum atomic E-state index is -1.31. The number of Topliss-reactive ketones (excluding diaryl/α,β-unsaturated/α-hetero) is 5. The first-order chi connectivity index (χ1) is 18.4. The molecule has 0 aromatic carbocycles. The van der Waals surface area contributed by atoms with Gasteiger partial charge in [0.1, 0.15) is 35.3 Å². The average Bonchev–Trinajstić information content (AvgIpc) is 2.78. The Morgan fingerprint density at radius 3 is 1.07 bits per heavy atom. The molecule has 0 amide bonds. The van der Waals surface area contributed by atoms with Gasteiger partial charge in [0, 0.05) is 45.7 Å². The van der Waals surface area contributed by atoms with Gasteiger partial charge in [0.2, 0.25) is 0 Å². The largest absolute Gasteiger partial charge is 0.481 e. The number of carboxylic acids is 3. The molecule has 7 N–H and O–H groups in total. The van der Waals surface area contributed by atoms with Gasteiger partial charge in [0.15, 0.2) is 0 Å². The van der Waals surface area contributed by atoms with Crippen molar-refractivity contribution in [2.75, 3.05) is 13.8 Å². The van der Waals surface area contributed by atoms with E-state index in [1.165, 1.54) is 14.0 Å². The second kappa shape index (κ2) is 47.0. The lowest BCUT2D eigenvalue weighted by Gasteiger charge is -1.97. The first-order valence-corrected chi connectivity index (χ1v) is 11.9. The fraction of sp³-hybridized carbons (Fsp3) is 0.667. The lowest BCUT2D eigenvalue weighted by molar-refractivity contribution is -0.147.